The van der Waals surface area contributed by atoms with Crippen LogP contribution in [0.25, 0.3) is 6.08 Å². The summed E-state index contributed by atoms with van der Waals surface area (Å²) >= 11 is 5.81. The van der Waals surface area contributed by atoms with Crippen molar-refractivity contribution in [2.24, 2.45) is 0 Å². The summed E-state index contributed by atoms with van der Waals surface area (Å²) in [7, 11) is 0. The fraction of sp³-hybridized carbons (Fsp3) is 0.0417. The first-order valence-electron chi connectivity index (χ1n) is 9.44. The van der Waals surface area contributed by atoms with Gasteiger partial charge in [-0.1, -0.05) is 35.9 Å². The van der Waals surface area contributed by atoms with Gasteiger partial charge in [-0.05, 0) is 60.2 Å². The molecule has 3 aromatic rings. The predicted molar refractivity (Wildman–Crippen MR) is 120 cm³/mol. The van der Waals surface area contributed by atoms with Crippen LogP contribution in [0.1, 0.15) is 21.5 Å². The Labute approximate surface area is 192 Å². The molecule has 0 aromatic heterocycles. The third kappa shape index (κ3) is 6.21. The van der Waals surface area contributed by atoms with Gasteiger partial charge in [0.2, 0.25) is 0 Å². The summed E-state index contributed by atoms with van der Waals surface area (Å²) in [6.07, 6.45) is -3.46. The summed E-state index contributed by atoms with van der Waals surface area (Å²) < 4.78 is 39.4. The number of carbonyl (C=O) groups is 2. The van der Waals surface area contributed by atoms with Crippen molar-refractivity contribution in [1.82, 2.24) is 0 Å². The first-order chi connectivity index (χ1) is 15.7. The number of halogens is 4. The van der Waals surface area contributed by atoms with E-state index in [-0.39, 0.29) is 0 Å². The van der Waals surface area contributed by atoms with Crippen LogP contribution >= 0.6 is 11.6 Å². The first-order valence-corrected chi connectivity index (χ1v) is 9.81. The maximum absolute atomic E-state index is 13.1. The molecule has 5 nitrogen and oxygen atoms in total. The van der Waals surface area contributed by atoms with Crippen molar-refractivity contribution < 1.29 is 22.8 Å². The lowest BCUT2D eigenvalue weighted by Gasteiger charge is -2.13. The summed E-state index contributed by atoms with van der Waals surface area (Å²) in [5, 5.41) is 14.7. The zero-order chi connectivity index (χ0) is 24.0. The third-order valence-electron chi connectivity index (χ3n) is 4.41. The Hall–Kier alpha value is -4.09. The summed E-state index contributed by atoms with van der Waals surface area (Å²) in [6.45, 7) is 0. The number of nitrogens with zero attached hydrogens (tertiary/aromatic N) is 1. The van der Waals surface area contributed by atoms with E-state index in [1.807, 2.05) is 0 Å². The van der Waals surface area contributed by atoms with Crippen LogP contribution in [-0.2, 0) is 11.0 Å². The highest BCUT2D eigenvalue weighted by atomic mass is 35.5. The van der Waals surface area contributed by atoms with Crippen molar-refractivity contribution in [2.45, 2.75) is 6.18 Å². The average Bonchev–Trinajstić information content (AvgIpc) is 2.77. The van der Waals surface area contributed by atoms with E-state index in [1.165, 1.54) is 24.3 Å². The highest BCUT2D eigenvalue weighted by Crippen LogP contribution is 2.34. The van der Waals surface area contributed by atoms with E-state index in [9.17, 15) is 28.0 Å². The van der Waals surface area contributed by atoms with Crippen molar-refractivity contribution in [3.8, 4) is 6.07 Å². The van der Waals surface area contributed by atoms with Crippen LogP contribution in [-0.4, -0.2) is 11.8 Å². The molecule has 2 N–H and O–H groups in total. The first kappa shape index (κ1) is 23.6. The number of nitrogens with one attached hydrogen (secondary N) is 2. The highest BCUT2D eigenvalue weighted by Gasteiger charge is 2.33. The third-order valence-corrected chi connectivity index (χ3v) is 4.66. The van der Waals surface area contributed by atoms with Crippen LogP contribution in [0.5, 0.6) is 0 Å². The summed E-state index contributed by atoms with van der Waals surface area (Å²) in [4.78, 5) is 24.8. The van der Waals surface area contributed by atoms with Crippen LogP contribution in [0.4, 0.5) is 24.5 Å². The second-order valence-corrected chi connectivity index (χ2v) is 7.19. The maximum Gasteiger partial charge on any atom is 0.418 e. The maximum atomic E-state index is 13.1. The van der Waals surface area contributed by atoms with E-state index >= 15 is 0 Å². The summed E-state index contributed by atoms with van der Waals surface area (Å²) in [5.74, 6) is -1.39. The minimum absolute atomic E-state index is 0.376. The topological polar surface area (TPSA) is 82.0 Å². The van der Waals surface area contributed by atoms with Gasteiger partial charge in [-0.15, -0.1) is 0 Å². The molecule has 0 bridgehead atoms. The number of para-hydroxylation sites is 1. The standard InChI is InChI=1S/C24H15ClF3N3O2/c25-18-10-8-16(9-11-18)22(32)30-19-5-3-4-15(13-19)12-17(14-29)23(33)31-21-7-2-1-6-20(21)24(26,27)28/h1-13H,(H,30,32)(H,31,33)/b17-12+. The molecule has 0 saturated heterocycles. The van der Waals surface area contributed by atoms with Gasteiger partial charge in [-0.25, -0.2) is 0 Å². The zero-order valence-corrected chi connectivity index (χ0v) is 17.5. The van der Waals surface area contributed by atoms with Gasteiger partial charge in [0.1, 0.15) is 11.6 Å². The van der Waals surface area contributed by atoms with Gasteiger partial charge in [0.15, 0.2) is 0 Å². The molecule has 0 saturated carbocycles. The van der Waals surface area contributed by atoms with Gasteiger partial charge in [0.05, 0.1) is 11.3 Å². The number of rotatable bonds is 5. The van der Waals surface area contributed by atoms with Crippen molar-refractivity contribution >= 4 is 40.9 Å². The molecule has 0 aliphatic carbocycles. The van der Waals surface area contributed by atoms with Crippen LogP contribution in [0, 0.1) is 11.3 Å². The number of amides is 2. The molecule has 3 rings (SSSR count). The van der Waals surface area contributed by atoms with E-state index < -0.39 is 34.8 Å². The molecule has 33 heavy (non-hydrogen) atoms. The largest absolute Gasteiger partial charge is 0.418 e. The highest BCUT2D eigenvalue weighted by molar-refractivity contribution is 6.30. The minimum Gasteiger partial charge on any atom is -0.322 e. The van der Waals surface area contributed by atoms with E-state index in [0.717, 1.165) is 12.1 Å². The van der Waals surface area contributed by atoms with Gasteiger partial charge in [-0.3, -0.25) is 9.59 Å². The fourth-order valence-electron chi connectivity index (χ4n) is 2.85. The molecule has 0 atom stereocenters. The number of anilines is 2. The molecule has 2 amide bonds. The number of alkyl halides is 3. The Balaban J connectivity index is 1.79. The number of benzene rings is 3. The number of hydrogen-bond donors (Lipinski definition) is 2. The molecular weight excluding hydrogens is 455 g/mol. The van der Waals surface area contributed by atoms with Gasteiger partial charge < -0.3 is 10.6 Å². The molecule has 3 aromatic carbocycles. The van der Waals surface area contributed by atoms with Gasteiger partial charge in [0.25, 0.3) is 11.8 Å². The number of hydrogen-bond acceptors (Lipinski definition) is 3. The molecule has 0 unspecified atom stereocenters. The van der Waals surface area contributed by atoms with Crippen molar-refractivity contribution in [3.63, 3.8) is 0 Å². The van der Waals surface area contributed by atoms with E-state index in [2.05, 4.69) is 10.6 Å². The SMILES string of the molecule is N#C/C(=C\c1cccc(NC(=O)c2ccc(Cl)cc2)c1)C(=O)Nc1ccccc1C(F)(F)F. The summed E-state index contributed by atoms with van der Waals surface area (Å²) in [6, 6.07) is 18.7. The van der Waals surface area contributed by atoms with Crippen LogP contribution in [0.2, 0.25) is 5.02 Å². The van der Waals surface area contributed by atoms with Crippen molar-refractivity contribution in [1.29, 1.82) is 5.26 Å². The Morgan fingerprint density at radius 3 is 2.30 bits per heavy atom. The van der Waals surface area contributed by atoms with E-state index in [1.54, 1.807) is 48.5 Å². The molecule has 0 radical (unpaired) electrons. The molecule has 0 spiro atoms. The second kappa shape index (κ2) is 10.0. The molecule has 0 aliphatic heterocycles. The Bertz CT molecular complexity index is 1260. The lowest BCUT2D eigenvalue weighted by atomic mass is 10.1. The van der Waals surface area contributed by atoms with E-state index in [4.69, 9.17) is 11.6 Å². The average molecular weight is 470 g/mol. The molecule has 0 heterocycles. The summed E-state index contributed by atoms with van der Waals surface area (Å²) in [5.41, 5.74) is -0.736. The predicted octanol–water partition coefficient (Wildman–Crippen LogP) is 6.16. The lowest BCUT2D eigenvalue weighted by Crippen LogP contribution is -2.17. The molecule has 9 heteroatoms. The Morgan fingerprint density at radius 2 is 1.64 bits per heavy atom. The smallest absolute Gasteiger partial charge is 0.322 e. The fourth-order valence-corrected chi connectivity index (χ4v) is 2.98. The van der Waals surface area contributed by atoms with Crippen LogP contribution < -0.4 is 10.6 Å². The quantitative estimate of drug-likeness (QED) is 0.347. The van der Waals surface area contributed by atoms with Crippen LogP contribution in [0.3, 0.4) is 0 Å². The van der Waals surface area contributed by atoms with Gasteiger partial charge >= 0.3 is 6.18 Å². The monoisotopic (exact) mass is 469 g/mol. The second-order valence-electron chi connectivity index (χ2n) is 6.75. The molecule has 0 aliphatic rings. The zero-order valence-electron chi connectivity index (χ0n) is 16.8. The van der Waals surface area contributed by atoms with E-state index in [0.29, 0.717) is 21.8 Å². The van der Waals surface area contributed by atoms with Crippen molar-refractivity contribution in [3.05, 3.63) is 100 Å². The molecular formula is C24H15ClF3N3O2. The lowest BCUT2D eigenvalue weighted by molar-refractivity contribution is -0.137. The van der Waals surface area contributed by atoms with Gasteiger partial charge in [-0.2, -0.15) is 18.4 Å². The normalized spacial score (nSPS) is 11.4. The number of carbonyl (C=O) groups excluding carboxylic acids is 2. The molecule has 166 valence electrons. The Morgan fingerprint density at radius 1 is 0.939 bits per heavy atom. The van der Waals surface area contributed by atoms with Crippen LogP contribution in [0.15, 0.2) is 78.4 Å². The van der Waals surface area contributed by atoms with Gasteiger partial charge in [0, 0.05) is 16.3 Å². The number of nitriles is 1. The molecule has 0 fully saturated rings. The van der Waals surface area contributed by atoms with Crippen molar-refractivity contribution in [2.75, 3.05) is 10.6 Å². The minimum atomic E-state index is -4.67. The Kier molecular flexibility index (Phi) is 7.16.